The third-order valence-electron chi connectivity index (χ3n) is 7.91. The van der Waals surface area contributed by atoms with Gasteiger partial charge in [0.15, 0.2) is 0 Å². The summed E-state index contributed by atoms with van der Waals surface area (Å²) in [5, 5.41) is 21.1. The lowest BCUT2D eigenvalue weighted by Gasteiger charge is -2.56. The Bertz CT molecular complexity index is 1670. The lowest BCUT2D eigenvalue weighted by molar-refractivity contribution is -0.0380. The minimum atomic E-state index is -1.27. The number of carbonyl (C=O) groups is 1. The molecule has 3 aromatic heterocycles. The van der Waals surface area contributed by atoms with Crippen molar-refractivity contribution in [1.29, 1.82) is 5.26 Å². The first-order valence-electron chi connectivity index (χ1n) is 15.5. The molecule has 6 heterocycles. The molecule has 0 aliphatic carbocycles. The minimum absolute atomic E-state index is 0.0984. The van der Waals surface area contributed by atoms with Gasteiger partial charge in [-0.3, -0.25) is 9.47 Å². The minimum Gasteiger partial charge on any atom is -0.444 e. The Kier molecular flexibility index (Phi) is 8.75. The zero-order valence-corrected chi connectivity index (χ0v) is 28.6. The van der Waals surface area contributed by atoms with Crippen molar-refractivity contribution < 1.29 is 19.4 Å². The number of amides is 1. The summed E-state index contributed by atoms with van der Waals surface area (Å²) in [5.41, 5.74) is 1.55. The summed E-state index contributed by atoms with van der Waals surface area (Å²) in [7, 11) is -1.27. The number of carbonyl (C=O) groups excluding carboxylic acids is 1. The Morgan fingerprint density at radius 1 is 1.11 bits per heavy atom. The van der Waals surface area contributed by atoms with Crippen LogP contribution in [0.4, 0.5) is 10.6 Å². The van der Waals surface area contributed by atoms with Crippen molar-refractivity contribution >= 4 is 31.0 Å². The van der Waals surface area contributed by atoms with Crippen LogP contribution in [0, 0.1) is 23.2 Å². The number of hydrogen-bond acceptors (Lipinski definition) is 8. The number of piperidine rings is 1. The monoisotopic (exact) mass is 628 g/mol. The third-order valence-corrected chi connectivity index (χ3v) is 9.62. The molecule has 1 N–H and O–H groups in total. The standard InChI is InChI=1S/C34H44N6O4Si/c1-33(2,3)44-32(41)40-26-15-27(40)21-38(20-26)29-10-9-23(18-36-29)30-24(17-35)19-37-31-28(30)16-25(11-12-34(4,5)42)39(31)22-43-13-14-45(6,7)8/h9-10,16,18-19,26-27,42H,13-15,20-22H2,1-8H3. The van der Waals surface area contributed by atoms with Crippen LogP contribution in [-0.4, -0.2) is 81.7 Å². The SMILES string of the molecule is CC(C)(O)C#Cc1cc2c(-c3ccc(N4CC5CC(C4)N5C(=O)OC(C)(C)C)nc3)c(C#N)cnc2n1COCC[Si](C)(C)C. The molecule has 0 saturated carbocycles. The van der Waals surface area contributed by atoms with Crippen molar-refractivity contribution in [3.63, 3.8) is 0 Å². The van der Waals surface area contributed by atoms with E-state index in [9.17, 15) is 15.2 Å². The Morgan fingerprint density at radius 3 is 2.40 bits per heavy atom. The first-order valence-corrected chi connectivity index (χ1v) is 19.2. The number of fused-ring (bicyclic) bond motifs is 3. The number of nitriles is 1. The topological polar surface area (TPSA) is 117 Å². The molecule has 2 bridgehead atoms. The molecule has 3 aromatic rings. The summed E-state index contributed by atoms with van der Waals surface area (Å²) in [4.78, 5) is 26.2. The van der Waals surface area contributed by atoms with Gasteiger partial charge in [0.2, 0.25) is 0 Å². The highest BCUT2D eigenvalue weighted by atomic mass is 28.3. The molecule has 0 radical (unpaired) electrons. The van der Waals surface area contributed by atoms with E-state index in [0.29, 0.717) is 36.6 Å². The summed E-state index contributed by atoms with van der Waals surface area (Å²) in [6.07, 6.45) is 4.09. The van der Waals surface area contributed by atoms with Crippen LogP contribution in [0.3, 0.4) is 0 Å². The average molecular weight is 629 g/mol. The Balaban J connectivity index is 1.43. The first kappa shape index (κ1) is 32.5. The van der Waals surface area contributed by atoms with E-state index in [1.165, 1.54) is 0 Å². The van der Waals surface area contributed by atoms with Crippen LogP contribution in [0.2, 0.25) is 25.7 Å². The van der Waals surface area contributed by atoms with Crippen LogP contribution in [-0.2, 0) is 16.2 Å². The number of ether oxygens (including phenoxy) is 2. The molecule has 0 spiro atoms. The van der Waals surface area contributed by atoms with E-state index in [-0.39, 0.29) is 24.9 Å². The van der Waals surface area contributed by atoms with E-state index in [1.807, 2.05) is 48.4 Å². The van der Waals surface area contributed by atoms with Crippen molar-refractivity contribution in [3.8, 4) is 29.0 Å². The molecule has 238 valence electrons. The molecular weight excluding hydrogens is 584 g/mol. The van der Waals surface area contributed by atoms with E-state index in [4.69, 9.17) is 14.5 Å². The van der Waals surface area contributed by atoms with E-state index >= 15 is 0 Å². The molecule has 0 aromatic carbocycles. The maximum absolute atomic E-state index is 12.7. The second-order valence-electron chi connectivity index (χ2n) is 14.8. The molecule has 10 nitrogen and oxygen atoms in total. The number of hydrogen-bond donors (Lipinski definition) is 1. The Labute approximate surface area is 267 Å². The number of aromatic nitrogens is 3. The zero-order chi connectivity index (χ0) is 32.7. The van der Waals surface area contributed by atoms with Gasteiger partial charge < -0.3 is 19.5 Å². The van der Waals surface area contributed by atoms with E-state index < -0.39 is 19.3 Å². The summed E-state index contributed by atoms with van der Waals surface area (Å²) in [6, 6.07) is 9.39. The first-order chi connectivity index (χ1) is 21.0. The highest BCUT2D eigenvalue weighted by molar-refractivity contribution is 6.76. The van der Waals surface area contributed by atoms with E-state index in [2.05, 4.69) is 47.4 Å². The molecule has 11 heteroatoms. The van der Waals surface area contributed by atoms with Gasteiger partial charge in [-0.25, -0.2) is 14.8 Å². The number of anilines is 1. The highest BCUT2D eigenvalue weighted by Crippen LogP contribution is 2.37. The fraction of sp³-hybridized carbons (Fsp3) is 0.529. The fourth-order valence-corrected chi connectivity index (χ4v) is 6.47. The number of pyridine rings is 2. The van der Waals surface area contributed by atoms with Crippen molar-refractivity contribution in [2.45, 2.75) is 96.7 Å². The molecule has 3 aliphatic rings. The summed E-state index contributed by atoms with van der Waals surface area (Å²) < 4.78 is 13.6. The number of piperazine rings is 1. The molecule has 1 amide bonds. The Hall–Kier alpha value is -3.90. The summed E-state index contributed by atoms with van der Waals surface area (Å²) in [6.45, 7) is 18.1. The van der Waals surface area contributed by atoms with Crippen molar-refractivity contribution in [2.24, 2.45) is 0 Å². The molecular formula is C34H44N6O4Si. The molecule has 3 aliphatic heterocycles. The number of aliphatic hydroxyl groups is 1. The van der Waals surface area contributed by atoms with Gasteiger partial charge in [-0.1, -0.05) is 25.6 Å². The predicted octanol–water partition coefficient (Wildman–Crippen LogP) is 5.60. The van der Waals surface area contributed by atoms with Crippen LogP contribution in [0.15, 0.2) is 30.6 Å². The van der Waals surface area contributed by atoms with E-state index in [0.717, 1.165) is 34.8 Å². The molecule has 6 rings (SSSR count). The van der Waals surface area contributed by atoms with Crippen molar-refractivity contribution in [2.75, 3.05) is 24.6 Å². The highest BCUT2D eigenvalue weighted by Gasteiger charge is 2.49. The van der Waals surface area contributed by atoms with Crippen LogP contribution in [0.1, 0.15) is 52.3 Å². The van der Waals surface area contributed by atoms with Gasteiger partial charge in [-0.05, 0) is 71.2 Å². The average Bonchev–Trinajstić information content (AvgIpc) is 3.29. The lowest BCUT2D eigenvalue weighted by Crippen LogP contribution is -2.70. The van der Waals surface area contributed by atoms with Gasteiger partial charge in [0.1, 0.15) is 35.5 Å². The number of rotatable bonds is 7. The maximum Gasteiger partial charge on any atom is 0.410 e. The maximum atomic E-state index is 12.7. The summed E-state index contributed by atoms with van der Waals surface area (Å²) >= 11 is 0. The normalized spacial score (nSPS) is 18.2. The molecule has 2 unspecified atom stereocenters. The molecule has 3 fully saturated rings. The molecule has 3 saturated heterocycles. The molecule has 45 heavy (non-hydrogen) atoms. The Morgan fingerprint density at radius 2 is 1.82 bits per heavy atom. The van der Waals surface area contributed by atoms with Gasteiger partial charge in [-0.2, -0.15) is 5.26 Å². The van der Waals surface area contributed by atoms with Crippen molar-refractivity contribution in [3.05, 3.63) is 41.9 Å². The predicted molar refractivity (Wildman–Crippen MR) is 177 cm³/mol. The second kappa shape index (κ2) is 12.1. The van der Waals surface area contributed by atoms with Crippen LogP contribution < -0.4 is 4.90 Å². The lowest BCUT2D eigenvalue weighted by atomic mass is 9.88. The van der Waals surface area contributed by atoms with Gasteiger partial charge in [0.05, 0.1) is 23.3 Å². The molecule has 2 atom stereocenters. The van der Waals surface area contributed by atoms with Gasteiger partial charge in [-0.15, -0.1) is 0 Å². The van der Waals surface area contributed by atoms with Gasteiger partial charge in [0.25, 0.3) is 0 Å². The second-order valence-corrected chi connectivity index (χ2v) is 20.4. The van der Waals surface area contributed by atoms with Gasteiger partial charge >= 0.3 is 6.09 Å². The zero-order valence-electron chi connectivity index (χ0n) is 27.6. The smallest absolute Gasteiger partial charge is 0.410 e. The van der Waals surface area contributed by atoms with Crippen molar-refractivity contribution in [1.82, 2.24) is 19.4 Å². The fourth-order valence-electron chi connectivity index (χ4n) is 5.71. The number of nitrogens with zero attached hydrogens (tertiary/aromatic N) is 6. The van der Waals surface area contributed by atoms with E-state index in [1.54, 1.807) is 26.2 Å². The van der Waals surface area contributed by atoms with Crippen LogP contribution >= 0.6 is 0 Å². The quantitative estimate of drug-likeness (QED) is 0.204. The third kappa shape index (κ3) is 7.50. The van der Waals surface area contributed by atoms with Gasteiger partial charge in [0, 0.05) is 56.7 Å². The largest absolute Gasteiger partial charge is 0.444 e. The van der Waals surface area contributed by atoms with Crippen LogP contribution in [0.5, 0.6) is 0 Å². The summed E-state index contributed by atoms with van der Waals surface area (Å²) in [5.74, 6) is 6.84. The van der Waals surface area contributed by atoms with Crippen LogP contribution in [0.25, 0.3) is 22.2 Å².